The topological polar surface area (TPSA) is 74.4 Å². The molecule has 4 rings (SSSR count). The van der Waals surface area contributed by atoms with Crippen molar-refractivity contribution in [2.24, 2.45) is 0 Å². The maximum Gasteiger partial charge on any atom is 0.220 e. The number of oxazole rings is 1. The SMILES string of the molecule is Nc1ccc(-c2cnc(COCc3cc4ccccc4o3)o2)cc1. The van der Waals surface area contributed by atoms with Crippen LogP contribution in [0.4, 0.5) is 5.69 Å². The van der Waals surface area contributed by atoms with E-state index in [-0.39, 0.29) is 6.61 Å². The Morgan fingerprint density at radius 1 is 0.958 bits per heavy atom. The van der Waals surface area contributed by atoms with Gasteiger partial charge in [0.1, 0.15) is 24.6 Å². The van der Waals surface area contributed by atoms with Gasteiger partial charge in [0.2, 0.25) is 5.89 Å². The first-order valence-corrected chi connectivity index (χ1v) is 7.64. The van der Waals surface area contributed by atoms with Crippen molar-refractivity contribution in [2.75, 3.05) is 5.73 Å². The Bertz CT molecular complexity index is 921. The van der Waals surface area contributed by atoms with Crippen LogP contribution in [0.15, 0.2) is 69.6 Å². The first-order chi connectivity index (χ1) is 11.8. The zero-order valence-electron chi connectivity index (χ0n) is 12.9. The number of nitrogens with zero attached hydrogens (tertiary/aromatic N) is 1. The number of benzene rings is 2. The molecule has 0 aliphatic heterocycles. The molecule has 0 radical (unpaired) electrons. The van der Waals surface area contributed by atoms with Gasteiger partial charge in [0.15, 0.2) is 5.76 Å². The van der Waals surface area contributed by atoms with Crippen molar-refractivity contribution in [3.05, 3.63) is 72.4 Å². The third-order valence-corrected chi connectivity index (χ3v) is 3.70. The lowest BCUT2D eigenvalue weighted by Gasteiger charge is -1.99. The summed E-state index contributed by atoms with van der Waals surface area (Å²) in [7, 11) is 0. The number of ether oxygens (including phenoxy) is 1. The molecule has 4 aromatic rings. The van der Waals surface area contributed by atoms with Crippen LogP contribution in [0.2, 0.25) is 0 Å². The molecule has 5 heteroatoms. The summed E-state index contributed by atoms with van der Waals surface area (Å²) in [6, 6.07) is 17.3. The third-order valence-electron chi connectivity index (χ3n) is 3.70. The zero-order chi connectivity index (χ0) is 16.4. The number of fused-ring (bicyclic) bond motifs is 1. The predicted molar refractivity (Wildman–Crippen MR) is 91.1 cm³/mol. The molecule has 0 unspecified atom stereocenters. The smallest absolute Gasteiger partial charge is 0.220 e. The first-order valence-electron chi connectivity index (χ1n) is 7.64. The van der Waals surface area contributed by atoms with E-state index >= 15 is 0 Å². The van der Waals surface area contributed by atoms with Crippen molar-refractivity contribution in [1.29, 1.82) is 0 Å². The molecular formula is C19H16N2O3. The van der Waals surface area contributed by atoms with Gasteiger partial charge in [-0.1, -0.05) is 18.2 Å². The lowest BCUT2D eigenvalue weighted by molar-refractivity contribution is 0.0786. The molecule has 120 valence electrons. The Kier molecular flexibility index (Phi) is 3.76. The molecule has 2 N–H and O–H groups in total. The van der Waals surface area contributed by atoms with Crippen LogP contribution in [0.5, 0.6) is 0 Å². The van der Waals surface area contributed by atoms with Crippen LogP contribution >= 0.6 is 0 Å². The van der Waals surface area contributed by atoms with Gasteiger partial charge in [0.25, 0.3) is 0 Å². The van der Waals surface area contributed by atoms with Gasteiger partial charge in [0.05, 0.1) is 6.20 Å². The molecule has 0 aliphatic carbocycles. The van der Waals surface area contributed by atoms with Gasteiger partial charge in [-0.25, -0.2) is 4.98 Å². The highest BCUT2D eigenvalue weighted by molar-refractivity contribution is 5.77. The molecular weight excluding hydrogens is 304 g/mol. The number of rotatable bonds is 5. The number of para-hydroxylation sites is 1. The van der Waals surface area contributed by atoms with E-state index in [4.69, 9.17) is 19.3 Å². The van der Waals surface area contributed by atoms with E-state index in [0.29, 0.717) is 23.9 Å². The molecule has 0 fully saturated rings. The van der Waals surface area contributed by atoms with Gasteiger partial charge >= 0.3 is 0 Å². The van der Waals surface area contributed by atoms with Gasteiger partial charge in [-0.15, -0.1) is 0 Å². The number of hydrogen-bond acceptors (Lipinski definition) is 5. The summed E-state index contributed by atoms with van der Waals surface area (Å²) < 4.78 is 17.0. The average molecular weight is 320 g/mol. The fraction of sp³-hybridized carbons (Fsp3) is 0.105. The second kappa shape index (κ2) is 6.22. The van der Waals surface area contributed by atoms with E-state index in [1.165, 1.54) is 0 Å². The minimum Gasteiger partial charge on any atom is -0.459 e. The molecule has 2 heterocycles. The molecule has 0 saturated carbocycles. The summed E-state index contributed by atoms with van der Waals surface area (Å²) in [4.78, 5) is 4.24. The second-order valence-electron chi connectivity index (χ2n) is 5.48. The van der Waals surface area contributed by atoms with E-state index in [1.54, 1.807) is 6.20 Å². The fourth-order valence-electron chi connectivity index (χ4n) is 2.50. The van der Waals surface area contributed by atoms with E-state index < -0.39 is 0 Å². The summed E-state index contributed by atoms with van der Waals surface area (Å²) in [5.74, 6) is 2.00. The van der Waals surface area contributed by atoms with Crippen LogP contribution < -0.4 is 5.73 Å². The third kappa shape index (κ3) is 3.02. The van der Waals surface area contributed by atoms with Crippen molar-refractivity contribution in [2.45, 2.75) is 13.2 Å². The van der Waals surface area contributed by atoms with E-state index in [0.717, 1.165) is 22.3 Å². The van der Waals surface area contributed by atoms with Crippen LogP contribution in [-0.4, -0.2) is 4.98 Å². The fourth-order valence-corrected chi connectivity index (χ4v) is 2.50. The summed E-state index contributed by atoms with van der Waals surface area (Å²) >= 11 is 0. The minimum atomic E-state index is 0.284. The Hall–Kier alpha value is -3.05. The second-order valence-corrected chi connectivity index (χ2v) is 5.48. The Morgan fingerprint density at radius 2 is 1.79 bits per heavy atom. The Balaban J connectivity index is 1.38. The lowest BCUT2D eigenvalue weighted by atomic mass is 10.2. The summed E-state index contributed by atoms with van der Waals surface area (Å²) in [5, 5.41) is 1.07. The predicted octanol–water partition coefficient (Wildman–Crippen LogP) is 4.39. The molecule has 5 nitrogen and oxygen atoms in total. The van der Waals surface area contributed by atoms with Crippen molar-refractivity contribution < 1.29 is 13.6 Å². The van der Waals surface area contributed by atoms with Crippen molar-refractivity contribution in [3.63, 3.8) is 0 Å². The van der Waals surface area contributed by atoms with Crippen LogP contribution in [0.1, 0.15) is 11.7 Å². The van der Waals surface area contributed by atoms with Gasteiger partial charge in [-0.3, -0.25) is 0 Å². The highest BCUT2D eigenvalue weighted by Gasteiger charge is 2.08. The van der Waals surface area contributed by atoms with E-state index in [2.05, 4.69) is 4.98 Å². The number of anilines is 1. The number of hydrogen-bond donors (Lipinski definition) is 1. The largest absolute Gasteiger partial charge is 0.459 e. The number of nitrogens with two attached hydrogens (primary N) is 1. The average Bonchev–Trinajstić information content (AvgIpc) is 3.22. The molecule has 0 amide bonds. The van der Waals surface area contributed by atoms with Gasteiger partial charge in [-0.2, -0.15) is 0 Å². The van der Waals surface area contributed by atoms with Gasteiger partial charge in [-0.05, 0) is 36.4 Å². The van der Waals surface area contributed by atoms with Crippen LogP contribution in [0, 0.1) is 0 Å². The molecule has 0 bridgehead atoms. The summed E-state index contributed by atoms with van der Waals surface area (Å²) in [5.41, 5.74) is 8.19. The molecule has 0 spiro atoms. The number of nitrogen functional groups attached to an aromatic ring is 1. The maximum absolute atomic E-state index is 5.70. The molecule has 2 aromatic heterocycles. The Morgan fingerprint density at radius 3 is 2.62 bits per heavy atom. The molecule has 24 heavy (non-hydrogen) atoms. The van der Waals surface area contributed by atoms with Crippen molar-refractivity contribution >= 4 is 16.7 Å². The molecule has 0 aliphatic rings. The molecule has 0 atom stereocenters. The van der Waals surface area contributed by atoms with Gasteiger partial charge in [0, 0.05) is 16.6 Å². The maximum atomic E-state index is 5.70. The molecule has 0 saturated heterocycles. The molecule has 2 aromatic carbocycles. The highest BCUT2D eigenvalue weighted by atomic mass is 16.5. The van der Waals surface area contributed by atoms with Crippen LogP contribution in [-0.2, 0) is 18.0 Å². The van der Waals surface area contributed by atoms with E-state index in [9.17, 15) is 0 Å². The normalized spacial score (nSPS) is 11.2. The Labute approximate surface area is 138 Å². The van der Waals surface area contributed by atoms with Crippen LogP contribution in [0.25, 0.3) is 22.3 Å². The lowest BCUT2D eigenvalue weighted by Crippen LogP contribution is -1.92. The highest BCUT2D eigenvalue weighted by Crippen LogP contribution is 2.22. The monoisotopic (exact) mass is 320 g/mol. The van der Waals surface area contributed by atoms with Crippen molar-refractivity contribution in [3.8, 4) is 11.3 Å². The standard InChI is InChI=1S/C19H16N2O3/c20-15-7-5-13(6-8-15)18-10-21-19(24-18)12-22-11-16-9-14-3-1-2-4-17(14)23-16/h1-10H,11-12,20H2. The van der Waals surface area contributed by atoms with Crippen molar-refractivity contribution in [1.82, 2.24) is 4.98 Å². The number of aromatic nitrogens is 1. The van der Waals surface area contributed by atoms with Gasteiger partial charge < -0.3 is 19.3 Å². The summed E-state index contributed by atoms with van der Waals surface area (Å²) in [6.07, 6.45) is 1.69. The zero-order valence-corrected chi connectivity index (χ0v) is 12.9. The minimum absolute atomic E-state index is 0.284. The number of furan rings is 1. The first kappa shape index (κ1) is 14.5. The quantitative estimate of drug-likeness (QED) is 0.552. The van der Waals surface area contributed by atoms with Crippen LogP contribution in [0.3, 0.4) is 0 Å². The summed E-state index contributed by atoms with van der Waals surface area (Å²) in [6.45, 7) is 0.653. The van der Waals surface area contributed by atoms with E-state index in [1.807, 2.05) is 54.6 Å².